The molecule has 12 amide bonds. The molecule has 1 saturated carbocycles. The molecule has 794 valence electrons. The minimum atomic E-state index is -1.88. The van der Waals surface area contributed by atoms with Crippen LogP contribution in [0.15, 0.2) is 103 Å². The molecule has 2 aliphatic rings. The number of unbranched alkanes of at least 4 members (excludes halogenated alkanes) is 1. The van der Waals surface area contributed by atoms with Crippen molar-refractivity contribution in [2.45, 2.75) is 337 Å². The van der Waals surface area contributed by atoms with Crippen LogP contribution in [0, 0.1) is 17.3 Å². The summed E-state index contributed by atoms with van der Waals surface area (Å²) in [5, 5.41) is 45.4. The predicted octanol–water partition coefficient (Wildman–Crippen LogP) is 10.5. The fourth-order valence-corrected chi connectivity index (χ4v) is 16.0. The van der Waals surface area contributed by atoms with E-state index in [0.717, 1.165) is 22.3 Å². The van der Waals surface area contributed by atoms with Gasteiger partial charge in [-0.05, 0) is 227 Å². The minimum Gasteiger partial charge on any atom is -0.480 e. The van der Waals surface area contributed by atoms with Crippen LogP contribution in [0.5, 0.6) is 0 Å². The molecule has 2 aliphatic carbocycles. The van der Waals surface area contributed by atoms with E-state index in [4.69, 9.17) is 28.4 Å². The van der Waals surface area contributed by atoms with Gasteiger partial charge >= 0.3 is 48.6 Å². The highest BCUT2D eigenvalue weighted by molar-refractivity contribution is 6.22. The predicted molar refractivity (Wildman–Crippen MR) is 533 cm³/mol. The minimum absolute atomic E-state index is 0.0123. The van der Waals surface area contributed by atoms with E-state index in [1.165, 1.54) is 23.8 Å². The van der Waals surface area contributed by atoms with Gasteiger partial charge in [0, 0.05) is 75.1 Å². The lowest BCUT2D eigenvalue weighted by Gasteiger charge is -2.33. The summed E-state index contributed by atoms with van der Waals surface area (Å²) >= 11 is 0. The number of hydrogen-bond donors (Lipinski definition) is 14. The molecule has 6 rings (SSSR count). The summed E-state index contributed by atoms with van der Waals surface area (Å²) in [7, 11) is 0. The molecular formula is C103H150N14O27. The lowest BCUT2D eigenvalue weighted by molar-refractivity contribution is -0.144. The topological polar surface area (TPSA) is 563 Å². The maximum absolute atomic E-state index is 15.9. The lowest BCUT2D eigenvalue weighted by atomic mass is 9.73. The summed E-state index contributed by atoms with van der Waals surface area (Å²) in [5.41, 5.74) is -1.29. The Morgan fingerprint density at radius 1 is 0.458 bits per heavy atom. The Morgan fingerprint density at radius 2 is 0.868 bits per heavy atom. The zero-order valence-corrected chi connectivity index (χ0v) is 87.2. The molecule has 4 aromatic rings. The number of carboxylic acid groups (broad SMARTS) is 1. The van der Waals surface area contributed by atoms with Gasteiger partial charge in [0.25, 0.3) is 0 Å². The van der Waals surface area contributed by atoms with Crippen LogP contribution in [0.25, 0.3) is 22.0 Å². The third-order valence-electron chi connectivity index (χ3n) is 22.2. The highest BCUT2D eigenvalue weighted by Crippen LogP contribution is 2.45. The number of aromatic nitrogens is 1. The Morgan fingerprint density at radius 3 is 1.33 bits per heavy atom. The van der Waals surface area contributed by atoms with Crippen molar-refractivity contribution in [3.8, 4) is 11.1 Å². The number of amides is 12. The second-order valence-corrected chi connectivity index (χ2v) is 42.5. The van der Waals surface area contributed by atoms with E-state index in [9.17, 15) is 57.8 Å². The van der Waals surface area contributed by atoms with Crippen molar-refractivity contribution in [2.24, 2.45) is 17.3 Å². The van der Waals surface area contributed by atoms with Gasteiger partial charge in [0.1, 0.15) is 90.0 Å². The normalized spacial score (nSPS) is 15.2. The van der Waals surface area contributed by atoms with Gasteiger partial charge in [-0.25, -0.2) is 33.6 Å². The second-order valence-electron chi connectivity index (χ2n) is 42.5. The summed E-state index contributed by atoms with van der Waals surface area (Å²) in [5.74, 6) is -13.3. The van der Waals surface area contributed by atoms with Crippen LogP contribution >= 0.6 is 0 Å². The molecule has 14 N–H and O–H groups in total. The number of Topliss-reactive ketones (excluding diaryl/α,β-unsaturated/α-hetero) is 2. The number of esters is 1. The molecule has 0 bridgehead atoms. The molecule has 1 heterocycles. The van der Waals surface area contributed by atoms with Crippen LogP contribution < -0.4 is 69.1 Å². The van der Waals surface area contributed by atoms with Crippen LogP contribution in [0.4, 0.5) is 28.8 Å². The van der Waals surface area contributed by atoms with Crippen LogP contribution in [0.2, 0.25) is 0 Å². The highest BCUT2D eigenvalue weighted by Gasteiger charge is 2.42. The number of ketones is 2. The monoisotopic (exact) mass is 2020 g/mol. The molecule has 144 heavy (non-hydrogen) atoms. The lowest BCUT2D eigenvalue weighted by Crippen LogP contribution is -2.62. The standard InChI is InChI=1S/C103H150N14O27/c1-25-50-137-97(136)139-80(120)42-41-73(91(129)130)111-87(125)74(51-58(2)3)112-88(126)75(52-59(4)5)113-89(127)76(53-62-56-117(96(135)144-102(20,21)22)77-40-31-30-34-63(62)77)114-85(123)71(44-48-106-93(132)142-100(14,15)16)109-84(122)70(43-47-105-92(131)141-99(11,12)13)108-83(121)69(39-32-33-46-104-60(6)81-78(118)54-103(23,24)55-79(81)119)110-90(128)82(61(7)140-98(8,9)10)116-86(124)72(45-49-107-94(133)143-101(17,18)19)115-95(134)138-57-68-66-37-28-26-35-64(66)65-36-27-29-38-67(65)68/h25-31,34-38,40,56,58-59,61,68-76,82,104H,1,32-33,39,41-55,57H2,2-24H3,(H,105,131)(H,106,132)(H,107,133)(H,108,121)(H,109,122)(H,110,128)(H,111,125)(H,112,126)(H,113,127)(H,114,123)(H,115,134)(H,116,124)(H,129,130)/t61-,69-,70-,71-,72-,73-,74+,75+,76-,82+/m0/s1. The number of carboxylic acids is 1. The average molecular weight is 2020 g/mol. The van der Waals surface area contributed by atoms with Crippen LogP contribution in [-0.2, 0) is 102 Å². The molecule has 0 spiro atoms. The third-order valence-corrected chi connectivity index (χ3v) is 22.2. The first kappa shape index (κ1) is 119. The molecule has 0 saturated heterocycles. The zero-order chi connectivity index (χ0) is 108. The number of carbonyl (C=O) groups is 18. The van der Waals surface area contributed by atoms with Crippen molar-refractivity contribution in [1.82, 2.24) is 73.7 Å². The Balaban J connectivity index is 1.46. The Bertz CT molecular complexity index is 5210. The van der Waals surface area contributed by atoms with Crippen molar-refractivity contribution in [3.63, 3.8) is 0 Å². The van der Waals surface area contributed by atoms with Crippen molar-refractivity contribution >= 4 is 118 Å². The Labute approximate surface area is 841 Å². The molecular weight excluding hydrogens is 1870 g/mol. The number of allylic oxidation sites excluding steroid dienone is 2. The number of benzene rings is 3. The van der Waals surface area contributed by atoms with E-state index in [2.05, 4.69) is 85.2 Å². The number of aliphatic carboxylic acids is 1. The van der Waals surface area contributed by atoms with Gasteiger partial charge in [0.05, 0.1) is 22.8 Å². The smallest absolute Gasteiger partial charge is 0.480 e. The first-order valence-corrected chi connectivity index (χ1v) is 48.7. The summed E-state index contributed by atoms with van der Waals surface area (Å²) in [6.07, 6.45) is -8.18. The fraction of sp³-hybridized carbons (Fsp3) is 0.592. The number of hydrogen-bond acceptors (Lipinski definition) is 27. The Hall–Kier alpha value is -13.5. The molecule has 1 aromatic heterocycles. The van der Waals surface area contributed by atoms with E-state index < -0.39 is 247 Å². The number of nitrogens with zero attached hydrogens (tertiary/aromatic N) is 1. The molecule has 41 heteroatoms. The highest BCUT2D eigenvalue weighted by atomic mass is 16.7. The maximum atomic E-state index is 15.9. The number of ether oxygens (including phenoxy) is 8. The van der Waals surface area contributed by atoms with E-state index in [1.54, 1.807) is 163 Å². The van der Waals surface area contributed by atoms with E-state index in [-0.39, 0.29) is 112 Å². The Kier molecular flexibility index (Phi) is 44.5. The summed E-state index contributed by atoms with van der Waals surface area (Å²) in [6, 6.07) is 6.18. The number of carbonyl (C=O) groups excluding carboxylic acids is 17. The van der Waals surface area contributed by atoms with Crippen LogP contribution in [0.1, 0.15) is 259 Å². The molecule has 41 nitrogen and oxygen atoms in total. The summed E-state index contributed by atoms with van der Waals surface area (Å²) in [4.78, 5) is 256. The van der Waals surface area contributed by atoms with Gasteiger partial charge in [0.2, 0.25) is 47.3 Å². The van der Waals surface area contributed by atoms with Gasteiger partial charge in [-0.15, -0.1) is 0 Å². The van der Waals surface area contributed by atoms with Crippen molar-refractivity contribution in [3.05, 3.63) is 120 Å². The SMILES string of the molecule is C=CCOC(=O)OC(=O)CC[C@H](NC(=O)[C@@H](CC(C)C)NC(=O)[C@@H](CC(C)C)NC(=O)[C@H](Cc1cn(C(=O)OC(C)(C)C)c2ccccc12)NC(=O)[C@H](CCNC(=O)OC(C)(C)C)NC(=O)[C@H](CCNC(=O)OC(C)(C)C)NC(=O)[C@H](CCCCNC(C)=C1C(=O)CC(C)(C)CC1=O)NC(=O)[C@H](NC(=O)[C@H](CCNC(=O)OC(C)(C)C)NC(=O)OCC1c2ccccc2-c2ccccc21)[C@H](C)OC(C)(C)C)C(=O)O. The number of rotatable bonds is 48. The second kappa shape index (κ2) is 53.7. The number of nitrogens with one attached hydrogen (secondary N) is 13. The first-order valence-electron chi connectivity index (χ1n) is 48.7. The van der Waals surface area contributed by atoms with Crippen molar-refractivity contribution < 1.29 is 129 Å². The molecule has 0 radical (unpaired) electrons. The molecule has 1 fully saturated rings. The third kappa shape index (κ3) is 40.7. The van der Waals surface area contributed by atoms with Gasteiger partial charge in [0.15, 0.2) is 11.6 Å². The van der Waals surface area contributed by atoms with E-state index >= 15 is 33.6 Å². The van der Waals surface area contributed by atoms with Crippen molar-refractivity contribution in [1.29, 1.82) is 0 Å². The van der Waals surface area contributed by atoms with Gasteiger partial charge in [-0.1, -0.05) is 121 Å². The van der Waals surface area contributed by atoms with Gasteiger partial charge in [-0.3, -0.25) is 57.3 Å². The number of fused-ring (bicyclic) bond motifs is 4. The van der Waals surface area contributed by atoms with Gasteiger partial charge < -0.3 is 112 Å². The molecule has 3 aromatic carbocycles. The van der Waals surface area contributed by atoms with Crippen LogP contribution in [-0.4, -0.2) is 245 Å². The summed E-state index contributed by atoms with van der Waals surface area (Å²) in [6.45, 7) is 39.7. The quantitative estimate of drug-likeness (QED) is 0.00371. The number of para-hydroxylation sites is 1. The summed E-state index contributed by atoms with van der Waals surface area (Å²) < 4.78 is 45.1. The van der Waals surface area contributed by atoms with E-state index in [1.807, 2.05) is 62.4 Å². The average Bonchev–Trinajstić information content (AvgIpc) is 1.61. The molecule has 0 aliphatic heterocycles. The largest absolute Gasteiger partial charge is 0.516 e. The first-order chi connectivity index (χ1) is 67.0. The molecule has 0 unspecified atom stereocenters. The van der Waals surface area contributed by atoms with Gasteiger partial charge in [-0.2, -0.15) is 0 Å². The fourth-order valence-electron chi connectivity index (χ4n) is 16.0. The molecule has 10 atom stereocenters. The maximum Gasteiger partial charge on any atom is 0.516 e. The van der Waals surface area contributed by atoms with E-state index in [0.29, 0.717) is 11.1 Å². The van der Waals surface area contributed by atoms with Crippen molar-refractivity contribution in [2.75, 3.05) is 39.4 Å². The zero-order valence-electron chi connectivity index (χ0n) is 87.2. The number of alkyl carbamates (subject to hydrolysis) is 4. The van der Waals surface area contributed by atoms with Crippen LogP contribution in [0.3, 0.4) is 0 Å².